The Morgan fingerprint density at radius 1 is 1.41 bits per heavy atom. The largest absolute Gasteiger partial charge is 0.480 e. The number of aliphatic carboxylic acids is 1. The van der Waals surface area contributed by atoms with Crippen molar-refractivity contribution in [3.05, 3.63) is 0 Å². The average molecular weight is 265 g/mol. The van der Waals surface area contributed by atoms with Crippen molar-refractivity contribution in [3.63, 3.8) is 0 Å². The lowest BCUT2D eigenvalue weighted by atomic mass is 10.2. The van der Waals surface area contributed by atoms with Crippen LogP contribution in [-0.4, -0.2) is 45.0 Å². The molecule has 2 atom stereocenters. The normalized spacial score (nSPS) is 14.8. The highest BCUT2D eigenvalue weighted by atomic mass is 32.2. The summed E-state index contributed by atoms with van der Waals surface area (Å²) >= 11 is 0. The van der Waals surface area contributed by atoms with Crippen LogP contribution in [0, 0.1) is 0 Å². The number of carboxylic acids is 1. The van der Waals surface area contributed by atoms with E-state index in [0.29, 0.717) is 0 Å². The van der Waals surface area contributed by atoms with Crippen LogP contribution in [0.3, 0.4) is 0 Å². The topological polar surface area (TPSA) is 92.7 Å². The zero-order chi connectivity index (χ0) is 13.6. The van der Waals surface area contributed by atoms with Gasteiger partial charge >= 0.3 is 12.1 Å². The first-order chi connectivity index (χ1) is 7.61. The molecule has 0 bridgehead atoms. The van der Waals surface area contributed by atoms with Crippen LogP contribution in [0.1, 0.15) is 27.2 Å². The molecule has 0 aliphatic rings. The highest BCUT2D eigenvalue weighted by Gasteiger charge is 2.23. The van der Waals surface area contributed by atoms with Gasteiger partial charge in [-0.15, -0.1) is 0 Å². The van der Waals surface area contributed by atoms with Crippen LogP contribution >= 0.6 is 0 Å². The Kier molecular flexibility index (Phi) is 6.15. The zero-order valence-corrected chi connectivity index (χ0v) is 11.3. The van der Waals surface area contributed by atoms with E-state index in [9.17, 15) is 13.8 Å². The second-order valence-electron chi connectivity index (χ2n) is 4.60. The third-order valence-electron chi connectivity index (χ3n) is 1.68. The standard InChI is InChI=1S/C10H19NO5S/c1-10(2,3)16-9(14)11-7(8(12)13)5-6-17(4)15/h7H,5-6H2,1-4H3,(H,11,14)(H,12,13)/t7-,17?/m1/s1. The Morgan fingerprint density at radius 2 is 1.94 bits per heavy atom. The number of hydrogen-bond acceptors (Lipinski definition) is 4. The molecule has 0 aliphatic heterocycles. The third kappa shape index (κ3) is 8.67. The Hall–Kier alpha value is -1.11. The van der Waals surface area contributed by atoms with Crippen molar-refractivity contribution >= 4 is 22.9 Å². The molecule has 0 aliphatic carbocycles. The maximum absolute atomic E-state index is 11.3. The maximum atomic E-state index is 11.3. The van der Waals surface area contributed by atoms with Gasteiger partial charge in [0.2, 0.25) is 0 Å². The maximum Gasteiger partial charge on any atom is 0.408 e. The number of ether oxygens (including phenoxy) is 1. The minimum atomic E-state index is -1.17. The number of nitrogens with one attached hydrogen (secondary N) is 1. The van der Waals surface area contributed by atoms with Gasteiger partial charge in [0.15, 0.2) is 0 Å². The van der Waals surface area contributed by atoms with E-state index in [1.54, 1.807) is 20.8 Å². The Bertz CT molecular complexity index is 310. The molecule has 0 heterocycles. The number of carboxylic acid groups (broad SMARTS) is 1. The van der Waals surface area contributed by atoms with Crippen molar-refractivity contribution < 1.29 is 23.6 Å². The van der Waals surface area contributed by atoms with Gasteiger partial charge in [-0.3, -0.25) is 4.21 Å². The molecule has 1 amide bonds. The molecule has 17 heavy (non-hydrogen) atoms. The van der Waals surface area contributed by atoms with Crippen LogP contribution in [-0.2, 0) is 20.3 Å². The van der Waals surface area contributed by atoms with Gasteiger partial charge in [0.05, 0.1) is 0 Å². The first kappa shape index (κ1) is 15.9. The van der Waals surface area contributed by atoms with E-state index in [-0.39, 0.29) is 12.2 Å². The van der Waals surface area contributed by atoms with E-state index in [0.717, 1.165) is 0 Å². The molecule has 0 saturated heterocycles. The third-order valence-corrected chi connectivity index (χ3v) is 2.49. The Morgan fingerprint density at radius 3 is 2.29 bits per heavy atom. The Balaban J connectivity index is 4.30. The van der Waals surface area contributed by atoms with E-state index >= 15 is 0 Å². The fourth-order valence-electron chi connectivity index (χ4n) is 0.991. The predicted molar refractivity (Wildman–Crippen MR) is 64.3 cm³/mol. The van der Waals surface area contributed by atoms with Gasteiger partial charge in [0.25, 0.3) is 0 Å². The summed E-state index contributed by atoms with van der Waals surface area (Å²) in [7, 11) is -1.09. The lowest BCUT2D eigenvalue weighted by Crippen LogP contribution is -2.44. The SMILES string of the molecule is CS(=O)CC[C@@H](NC(=O)OC(C)(C)C)C(=O)O. The van der Waals surface area contributed by atoms with Gasteiger partial charge in [-0.1, -0.05) is 0 Å². The van der Waals surface area contributed by atoms with E-state index in [1.165, 1.54) is 6.26 Å². The van der Waals surface area contributed by atoms with Crippen LogP contribution in [0.25, 0.3) is 0 Å². The van der Waals surface area contributed by atoms with Crippen molar-refractivity contribution in [2.24, 2.45) is 0 Å². The quantitative estimate of drug-likeness (QED) is 0.764. The summed E-state index contributed by atoms with van der Waals surface area (Å²) in [6, 6.07) is -1.08. The highest BCUT2D eigenvalue weighted by molar-refractivity contribution is 7.84. The fourth-order valence-corrected chi connectivity index (χ4v) is 1.56. The lowest BCUT2D eigenvalue weighted by molar-refractivity contribution is -0.139. The van der Waals surface area contributed by atoms with Crippen molar-refractivity contribution in [2.45, 2.75) is 38.8 Å². The molecule has 0 aromatic heterocycles. The van der Waals surface area contributed by atoms with Crippen LogP contribution in [0.2, 0.25) is 0 Å². The number of alkyl carbamates (subject to hydrolysis) is 1. The van der Waals surface area contributed by atoms with E-state index in [2.05, 4.69) is 5.32 Å². The fraction of sp³-hybridized carbons (Fsp3) is 0.800. The molecule has 0 fully saturated rings. The first-order valence-electron chi connectivity index (χ1n) is 5.14. The van der Waals surface area contributed by atoms with Crippen LogP contribution in [0.4, 0.5) is 4.79 Å². The van der Waals surface area contributed by atoms with Crippen molar-refractivity contribution in [1.82, 2.24) is 5.32 Å². The monoisotopic (exact) mass is 265 g/mol. The summed E-state index contributed by atoms with van der Waals surface area (Å²) in [5.41, 5.74) is -0.680. The highest BCUT2D eigenvalue weighted by Crippen LogP contribution is 2.07. The summed E-state index contributed by atoms with van der Waals surface area (Å²) in [5.74, 6) is -0.950. The summed E-state index contributed by atoms with van der Waals surface area (Å²) in [4.78, 5) is 22.2. The molecule has 100 valence electrons. The number of carbonyl (C=O) groups is 2. The molecule has 0 aromatic carbocycles. The number of carbonyl (C=O) groups excluding carboxylic acids is 1. The Labute approximate surface area is 103 Å². The molecular weight excluding hydrogens is 246 g/mol. The molecule has 1 unspecified atom stereocenters. The van der Waals surface area contributed by atoms with Gasteiger partial charge in [-0.25, -0.2) is 9.59 Å². The summed E-state index contributed by atoms with van der Waals surface area (Å²) in [5, 5.41) is 11.1. The predicted octanol–water partition coefficient (Wildman–Crippen LogP) is 0.733. The van der Waals surface area contributed by atoms with Crippen molar-refractivity contribution in [1.29, 1.82) is 0 Å². The lowest BCUT2D eigenvalue weighted by Gasteiger charge is -2.21. The second-order valence-corrected chi connectivity index (χ2v) is 6.16. The van der Waals surface area contributed by atoms with Gasteiger partial charge in [0, 0.05) is 22.8 Å². The minimum Gasteiger partial charge on any atom is -0.480 e. The number of rotatable bonds is 5. The molecule has 0 spiro atoms. The van der Waals surface area contributed by atoms with Gasteiger partial charge in [-0.2, -0.15) is 0 Å². The van der Waals surface area contributed by atoms with Gasteiger partial charge in [0.1, 0.15) is 11.6 Å². The zero-order valence-electron chi connectivity index (χ0n) is 10.5. The molecule has 0 aromatic rings. The molecule has 6 nitrogen and oxygen atoms in total. The summed E-state index contributed by atoms with van der Waals surface area (Å²) < 4.78 is 15.8. The molecule has 0 rings (SSSR count). The van der Waals surface area contributed by atoms with Gasteiger partial charge in [-0.05, 0) is 27.2 Å². The second kappa shape index (κ2) is 6.58. The van der Waals surface area contributed by atoms with Crippen molar-refractivity contribution in [3.8, 4) is 0 Å². The number of hydrogen-bond donors (Lipinski definition) is 2. The van der Waals surface area contributed by atoms with E-state index in [4.69, 9.17) is 9.84 Å². The van der Waals surface area contributed by atoms with Crippen LogP contribution in [0.5, 0.6) is 0 Å². The van der Waals surface area contributed by atoms with E-state index in [1.807, 2.05) is 0 Å². The van der Waals surface area contributed by atoms with Crippen molar-refractivity contribution in [2.75, 3.05) is 12.0 Å². The van der Waals surface area contributed by atoms with Gasteiger partial charge < -0.3 is 15.2 Å². The minimum absolute atomic E-state index is 0.109. The summed E-state index contributed by atoms with van der Waals surface area (Å²) in [6.45, 7) is 5.05. The van der Waals surface area contributed by atoms with Crippen LogP contribution in [0.15, 0.2) is 0 Å². The average Bonchev–Trinajstić information content (AvgIpc) is 2.08. The summed E-state index contributed by atoms with van der Waals surface area (Å²) in [6.07, 6.45) is 0.802. The molecular formula is C10H19NO5S. The first-order valence-corrected chi connectivity index (χ1v) is 6.87. The molecule has 0 saturated carbocycles. The van der Waals surface area contributed by atoms with E-state index < -0.39 is 34.5 Å². The number of amides is 1. The molecule has 7 heteroatoms. The van der Waals surface area contributed by atoms with Crippen LogP contribution < -0.4 is 5.32 Å². The smallest absolute Gasteiger partial charge is 0.408 e. The molecule has 2 N–H and O–H groups in total. The molecule has 0 radical (unpaired) electrons.